The smallest absolute Gasteiger partial charge is 0.308 e. The molecule has 1 atom stereocenters. The second-order valence-electron chi connectivity index (χ2n) is 7.38. The van der Waals surface area contributed by atoms with Gasteiger partial charge in [0.1, 0.15) is 5.56 Å². The quantitative estimate of drug-likeness (QED) is 0.394. The van der Waals surface area contributed by atoms with Crippen LogP contribution < -0.4 is 19.8 Å². The molecule has 2 heterocycles. The molecule has 1 amide bonds. The van der Waals surface area contributed by atoms with E-state index in [0.717, 1.165) is 0 Å². The van der Waals surface area contributed by atoms with Gasteiger partial charge in [0.2, 0.25) is 17.5 Å². The molecule has 2 aromatic rings. The van der Waals surface area contributed by atoms with Gasteiger partial charge in [-0.3, -0.25) is 23.5 Å². The van der Waals surface area contributed by atoms with Gasteiger partial charge in [0, 0.05) is 34.4 Å². The van der Waals surface area contributed by atoms with Gasteiger partial charge in [0.15, 0.2) is 16.3 Å². The third kappa shape index (κ3) is 4.21. The lowest BCUT2D eigenvalue weighted by Crippen LogP contribution is -2.28. The number of carbonyl (C=O) groups excluding carboxylic acids is 2. The highest BCUT2D eigenvalue weighted by molar-refractivity contribution is 7.71. The molecule has 0 aliphatic carbocycles. The Labute approximate surface area is 194 Å². The van der Waals surface area contributed by atoms with Crippen LogP contribution in [0.3, 0.4) is 0 Å². The molecule has 3 rings (SSSR count). The Bertz CT molecular complexity index is 1270. The van der Waals surface area contributed by atoms with Crippen LogP contribution in [0.15, 0.2) is 22.0 Å². The molecule has 0 spiro atoms. The number of benzene rings is 1. The lowest BCUT2D eigenvalue weighted by molar-refractivity contribution is -0.132. The number of nitrogens with zero attached hydrogens (tertiary/aromatic N) is 4. The zero-order valence-corrected chi connectivity index (χ0v) is 19.8. The fourth-order valence-electron chi connectivity index (χ4n) is 3.63. The molecular weight excluding hydrogens is 452 g/mol. The number of aromatic nitrogens is 2. The van der Waals surface area contributed by atoms with E-state index < -0.39 is 17.6 Å². The topological polar surface area (TPSA) is 125 Å². The third-order valence-electron chi connectivity index (χ3n) is 5.27. The Morgan fingerprint density at radius 3 is 2.18 bits per heavy atom. The van der Waals surface area contributed by atoms with Gasteiger partial charge < -0.3 is 19.3 Å². The molecule has 1 aromatic heterocycles. The van der Waals surface area contributed by atoms with Crippen molar-refractivity contribution in [2.75, 3.05) is 14.2 Å². The van der Waals surface area contributed by atoms with Gasteiger partial charge in [0.25, 0.3) is 5.56 Å². The van der Waals surface area contributed by atoms with E-state index in [0.29, 0.717) is 5.56 Å². The highest BCUT2D eigenvalue weighted by Gasteiger charge is 2.35. The van der Waals surface area contributed by atoms with E-state index in [1.807, 2.05) is 0 Å². The van der Waals surface area contributed by atoms with Crippen molar-refractivity contribution < 1.29 is 28.9 Å². The molecule has 0 unspecified atom stereocenters. The summed E-state index contributed by atoms with van der Waals surface area (Å²) in [4.78, 5) is 36.8. The Balaban J connectivity index is 2.15. The lowest BCUT2D eigenvalue weighted by Gasteiger charge is -2.22. The van der Waals surface area contributed by atoms with Crippen molar-refractivity contribution in [3.63, 3.8) is 0 Å². The Morgan fingerprint density at radius 1 is 1.12 bits per heavy atom. The summed E-state index contributed by atoms with van der Waals surface area (Å²) >= 11 is 5.16. The Morgan fingerprint density at radius 2 is 1.70 bits per heavy atom. The van der Waals surface area contributed by atoms with E-state index in [9.17, 15) is 19.5 Å². The van der Waals surface area contributed by atoms with Crippen LogP contribution in [0.1, 0.15) is 37.4 Å². The first-order valence-corrected chi connectivity index (χ1v) is 10.2. The number of carbonyl (C=O) groups is 2. The number of methoxy groups -OCH3 is 2. The summed E-state index contributed by atoms with van der Waals surface area (Å²) in [7, 11) is 5.83. The zero-order chi connectivity index (χ0) is 24.6. The maximum Gasteiger partial charge on any atom is 0.308 e. The van der Waals surface area contributed by atoms with E-state index in [-0.39, 0.29) is 51.5 Å². The Kier molecular flexibility index (Phi) is 6.58. The van der Waals surface area contributed by atoms with Crippen LogP contribution >= 0.6 is 12.2 Å². The summed E-state index contributed by atoms with van der Waals surface area (Å²) in [6, 6.07) is 2.57. The lowest BCUT2D eigenvalue weighted by atomic mass is 9.98. The fourth-order valence-corrected chi connectivity index (χ4v) is 3.80. The van der Waals surface area contributed by atoms with E-state index >= 15 is 0 Å². The van der Waals surface area contributed by atoms with Crippen LogP contribution in [0.2, 0.25) is 0 Å². The number of hydrazone groups is 1. The van der Waals surface area contributed by atoms with Gasteiger partial charge in [-0.15, -0.1) is 0 Å². The maximum absolute atomic E-state index is 12.9. The standard InChI is InChI=1S/C21H24N4O7S/c1-10(26)25-14(12-7-15(30-5)18(32-11(2)27)16(8-12)31-6)9-13(22-25)17-19(28)23(3)21(33)24(4)20(17)29/h7-8,14,28H,9H2,1-6H3/t14-/m1/s1. The van der Waals surface area contributed by atoms with Gasteiger partial charge in [-0.1, -0.05) is 0 Å². The first-order chi connectivity index (χ1) is 15.5. The van der Waals surface area contributed by atoms with Crippen molar-refractivity contribution in [3.8, 4) is 23.1 Å². The minimum absolute atomic E-state index is 0.0437. The van der Waals surface area contributed by atoms with Crippen LogP contribution in [-0.2, 0) is 23.7 Å². The van der Waals surface area contributed by atoms with Gasteiger partial charge in [-0.25, -0.2) is 5.01 Å². The van der Waals surface area contributed by atoms with Crippen LogP contribution in [0.5, 0.6) is 23.1 Å². The molecule has 1 aliphatic rings. The molecule has 12 heteroatoms. The van der Waals surface area contributed by atoms with Gasteiger partial charge >= 0.3 is 5.97 Å². The van der Waals surface area contributed by atoms with Crippen molar-refractivity contribution in [1.29, 1.82) is 0 Å². The maximum atomic E-state index is 12.9. The summed E-state index contributed by atoms with van der Waals surface area (Å²) in [5.74, 6) is -0.733. The number of amides is 1. The molecule has 0 saturated heterocycles. The molecule has 11 nitrogen and oxygen atoms in total. The number of ether oxygens (including phenoxy) is 3. The highest BCUT2D eigenvalue weighted by Crippen LogP contribution is 2.43. The van der Waals surface area contributed by atoms with Crippen molar-refractivity contribution in [2.24, 2.45) is 19.2 Å². The van der Waals surface area contributed by atoms with Crippen molar-refractivity contribution >= 4 is 29.8 Å². The van der Waals surface area contributed by atoms with E-state index in [1.165, 1.54) is 56.3 Å². The first-order valence-electron chi connectivity index (χ1n) is 9.82. The van der Waals surface area contributed by atoms with Crippen LogP contribution in [0.25, 0.3) is 0 Å². The molecule has 1 aromatic carbocycles. The predicted octanol–water partition coefficient (Wildman–Crippen LogP) is 1.80. The van der Waals surface area contributed by atoms with E-state index in [4.69, 9.17) is 26.4 Å². The van der Waals surface area contributed by atoms with Crippen molar-refractivity contribution in [3.05, 3.63) is 38.4 Å². The average molecular weight is 477 g/mol. The van der Waals surface area contributed by atoms with E-state index in [1.54, 1.807) is 12.1 Å². The number of rotatable bonds is 5. The molecular formula is C21H24N4O7S. The van der Waals surface area contributed by atoms with Crippen LogP contribution in [0, 0.1) is 4.77 Å². The van der Waals surface area contributed by atoms with Gasteiger partial charge in [-0.05, 0) is 29.9 Å². The normalized spacial score (nSPS) is 15.3. The number of aromatic hydroxyl groups is 1. The van der Waals surface area contributed by atoms with Crippen molar-refractivity contribution in [2.45, 2.75) is 26.3 Å². The monoisotopic (exact) mass is 476 g/mol. The molecule has 33 heavy (non-hydrogen) atoms. The van der Waals surface area contributed by atoms with Crippen LogP contribution in [0.4, 0.5) is 0 Å². The summed E-state index contributed by atoms with van der Waals surface area (Å²) < 4.78 is 18.6. The number of esters is 1. The minimum atomic E-state index is -0.635. The third-order valence-corrected chi connectivity index (χ3v) is 5.82. The summed E-state index contributed by atoms with van der Waals surface area (Å²) in [6.07, 6.45) is 0.123. The zero-order valence-electron chi connectivity index (χ0n) is 19.0. The van der Waals surface area contributed by atoms with E-state index in [2.05, 4.69) is 5.10 Å². The molecule has 0 radical (unpaired) electrons. The average Bonchev–Trinajstić information content (AvgIpc) is 3.21. The molecule has 176 valence electrons. The van der Waals surface area contributed by atoms with Crippen molar-refractivity contribution in [1.82, 2.24) is 14.1 Å². The Hall–Kier alpha value is -3.67. The largest absolute Gasteiger partial charge is 0.494 e. The molecule has 0 saturated carbocycles. The molecule has 0 bridgehead atoms. The first kappa shape index (κ1) is 24.0. The highest BCUT2D eigenvalue weighted by atomic mass is 32.1. The molecule has 0 fully saturated rings. The second-order valence-corrected chi connectivity index (χ2v) is 7.75. The van der Waals surface area contributed by atoms with Gasteiger partial charge in [-0.2, -0.15) is 5.10 Å². The number of hydrogen-bond acceptors (Lipinski definition) is 9. The number of hydrogen-bond donors (Lipinski definition) is 1. The summed E-state index contributed by atoms with van der Waals surface area (Å²) in [5.41, 5.74) is 0.215. The summed E-state index contributed by atoms with van der Waals surface area (Å²) in [6.45, 7) is 2.59. The SMILES string of the molecule is COc1cc([C@H]2CC(c3c(O)n(C)c(=S)n(C)c3=O)=NN2C(C)=O)cc(OC)c1OC(C)=O. The fraction of sp³-hybridized carbons (Fsp3) is 0.381. The van der Waals surface area contributed by atoms with Gasteiger partial charge in [0.05, 0.1) is 26.0 Å². The second kappa shape index (κ2) is 9.06. The van der Waals surface area contributed by atoms with Crippen LogP contribution in [-0.4, -0.2) is 51.1 Å². The minimum Gasteiger partial charge on any atom is -0.494 e. The molecule has 1 N–H and O–H groups in total. The summed E-state index contributed by atoms with van der Waals surface area (Å²) in [5, 5.41) is 16.2. The predicted molar refractivity (Wildman–Crippen MR) is 120 cm³/mol. The molecule has 1 aliphatic heterocycles.